The van der Waals surface area contributed by atoms with E-state index >= 15 is 0 Å². The van der Waals surface area contributed by atoms with E-state index in [4.69, 9.17) is 0 Å². The van der Waals surface area contributed by atoms with Crippen LogP contribution in [0.4, 0.5) is 10.2 Å². The van der Waals surface area contributed by atoms with Crippen LogP contribution in [0.25, 0.3) is 0 Å². The second kappa shape index (κ2) is 5.22. The van der Waals surface area contributed by atoms with Gasteiger partial charge in [-0.15, -0.1) is 0 Å². The van der Waals surface area contributed by atoms with Crippen molar-refractivity contribution in [2.75, 3.05) is 5.32 Å². The zero-order chi connectivity index (χ0) is 14.0. The Balaban J connectivity index is 2.16. The molecule has 1 aromatic heterocycles. The molecule has 0 aliphatic heterocycles. The number of benzene rings is 1. The fourth-order valence-electron chi connectivity index (χ4n) is 1.76. The van der Waals surface area contributed by atoms with Gasteiger partial charge in [-0.3, -0.25) is 9.89 Å². The zero-order valence-electron chi connectivity index (χ0n) is 11.1. The molecular weight excluding hydrogens is 245 g/mol. The van der Waals surface area contributed by atoms with E-state index in [1.54, 1.807) is 13.0 Å². The summed E-state index contributed by atoms with van der Waals surface area (Å²) in [6.07, 6.45) is 0. The van der Waals surface area contributed by atoms with E-state index in [9.17, 15) is 9.18 Å². The minimum atomic E-state index is -0.351. The smallest absolute Gasteiger partial charge is 0.257 e. The van der Waals surface area contributed by atoms with E-state index in [1.807, 2.05) is 13.8 Å². The maximum atomic E-state index is 13.0. The van der Waals surface area contributed by atoms with E-state index in [0.717, 1.165) is 5.69 Å². The summed E-state index contributed by atoms with van der Waals surface area (Å²) in [5.41, 5.74) is 1.98. The summed E-state index contributed by atoms with van der Waals surface area (Å²) in [5, 5.41) is 9.57. The lowest BCUT2D eigenvalue weighted by atomic mass is 10.1. The Morgan fingerprint density at radius 1 is 1.37 bits per heavy atom. The standard InChI is InChI=1S/C14H16FN3O/c1-8(2)12-7-13(18-17-12)16-14(19)11-5-4-10(15)6-9(11)3/h4-8H,1-3H3,(H2,16,17,18,19). The summed E-state index contributed by atoms with van der Waals surface area (Å²) < 4.78 is 13.0. The average Bonchev–Trinajstić information content (AvgIpc) is 2.77. The molecule has 0 spiro atoms. The molecule has 4 nitrogen and oxygen atoms in total. The second-order valence-corrected chi connectivity index (χ2v) is 4.78. The van der Waals surface area contributed by atoms with Crippen LogP contribution in [-0.2, 0) is 0 Å². The third-order valence-corrected chi connectivity index (χ3v) is 2.89. The number of aromatic amines is 1. The van der Waals surface area contributed by atoms with Crippen LogP contribution in [0.3, 0.4) is 0 Å². The zero-order valence-corrected chi connectivity index (χ0v) is 11.1. The van der Waals surface area contributed by atoms with Crippen molar-refractivity contribution < 1.29 is 9.18 Å². The van der Waals surface area contributed by atoms with Crippen molar-refractivity contribution in [3.8, 4) is 0 Å². The highest BCUT2D eigenvalue weighted by Gasteiger charge is 2.12. The number of aryl methyl sites for hydroxylation is 1. The predicted molar refractivity (Wildman–Crippen MR) is 71.8 cm³/mol. The van der Waals surface area contributed by atoms with Gasteiger partial charge >= 0.3 is 0 Å². The molecule has 1 aromatic carbocycles. The molecule has 0 aliphatic carbocycles. The Hall–Kier alpha value is -2.17. The lowest BCUT2D eigenvalue weighted by molar-refractivity contribution is 0.102. The van der Waals surface area contributed by atoms with Crippen LogP contribution in [0.5, 0.6) is 0 Å². The summed E-state index contributed by atoms with van der Waals surface area (Å²) in [4.78, 5) is 12.0. The summed E-state index contributed by atoms with van der Waals surface area (Å²) in [7, 11) is 0. The number of nitrogens with one attached hydrogen (secondary N) is 2. The maximum absolute atomic E-state index is 13.0. The van der Waals surface area contributed by atoms with Gasteiger partial charge in [0.1, 0.15) is 5.82 Å². The van der Waals surface area contributed by atoms with Gasteiger partial charge in [0.2, 0.25) is 0 Å². The van der Waals surface area contributed by atoms with Crippen LogP contribution >= 0.6 is 0 Å². The Morgan fingerprint density at radius 2 is 2.11 bits per heavy atom. The molecule has 19 heavy (non-hydrogen) atoms. The number of rotatable bonds is 3. The van der Waals surface area contributed by atoms with E-state index in [-0.39, 0.29) is 11.7 Å². The van der Waals surface area contributed by atoms with Crippen molar-refractivity contribution in [1.82, 2.24) is 10.2 Å². The second-order valence-electron chi connectivity index (χ2n) is 4.78. The average molecular weight is 261 g/mol. The molecule has 2 aromatic rings. The molecule has 5 heteroatoms. The lowest BCUT2D eigenvalue weighted by Crippen LogP contribution is -2.13. The molecule has 0 atom stereocenters. The highest BCUT2D eigenvalue weighted by molar-refractivity contribution is 6.04. The van der Waals surface area contributed by atoms with Gasteiger partial charge in [-0.1, -0.05) is 13.8 Å². The molecule has 0 radical (unpaired) electrons. The molecule has 1 heterocycles. The molecule has 0 bridgehead atoms. The Morgan fingerprint density at radius 3 is 2.68 bits per heavy atom. The number of nitrogens with zero attached hydrogens (tertiary/aromatic N) is 1. The topological polar surface area (TPSA) is 57.8 Å². The normalized spacial score (nSPS) is 10.8. The maximum Gasteiger partial charge on any atom is 0.257 e. The molecule has 0 unspecified atom stereocenters. The monoisotopic (exact) mass is 261 g/mol. The number of H-pyrrole nitrogens is 1. The van der Waals surface area contributed by atoms with Crippen LogP contribution in [0.1, 0.15) is 41.4 Å². The summed E-state index contributed by atoms with van der Waals surface area (Å²) >= 11 is 0. The molecule has 1 amide bonds. The predicted octanol–water partition coefficient (Wildman–Crippen LogP) is 3.23. The SMILES string of the molecule is Cc1cc(F)ccc1C(=O)Nc1cc(C(C)C)[nH]n1. The number of halogens is 1. The van der Waals surface area contributed by atoms with E-state index < -0.39 is 0 Å². The molecule has 0 aliphatic rings. The molecule has 100 valence electrons. The number of carbonyl (C=O) groups excluding carboxylic acids is 1. The van der Waals surface area contributed by atoms with Gasteiger partial charge in [-0.05, 0) is 36.6 Å². The molecule has 0 fully saturated rings. The van der Waals surface area contributed by atoms with Crippen LogP contribution in [0, 0.1) is 12.7 Å². The van der Waals surface area contributed by atoms with Crippen LogP contribution < -0.4 is 5.32 Å². The van der Waals surface area contributed by atoms with Gasteiger partial charge in [-0.2, -0.15) is 5.10 Å². The first kappa shape index (κ1) is 13.3. The minimum Gasteiger partial charge on any atom is -0.305 e. The molecule has 0 saturated heterocycles. The molecule has 0 saturated carbocycles. The third kappa shape index (κ3) is 2.99. The number of aromatic nitrogens is 2. The van der Waals surface area contributed by atoms with Gasteiger partial charge < -0.3 is 5.32 Å². The summed E-state index contributed by atoms with van der Waals surface area (Å²) in [6, 6.07) is 5.86. The van der Waals surface area contributed by atoms with Gasteiger partial charge in [0.25, 0.3) is 5.91 Å². The first-order valence-corrected chi connectivity index (χ1v) is 6.10. The first-order chi connectivity index (χ1) is 8.97. The first-order valence-electron chi connectivity index (χ1n) is 6.10. The highest BCUT2D eigenvalue weighted by atomic mass is 19.1. The van der Waals surface area contributed by atoms with E-state index in [1.165, 1.54) is 18.2 Å². The van der Waals surface area contributed by atoms with Crippen LogP contribution in [0.2, 0.25) is 0 Å². The van der Waals surface area contributed by atoms with Crippen molar-refractivity contribution in [2.24, 2.45) is 0 Å². The number of amides is 1. The number of hydrogen-bond acceptors (Lipinski definition) is 2. The van der Waals surface area contributed by atoms with Gasteiger partial charge in [0.05, 0.1) is 0 Å². The van der Waals surface area contributed by atoms with Crippen molar-refractivity contribution in [2.45, 2.75) is 26.7 Å². The molecule has 2 N–H and O–H groups in total. The van der Waals surface area contributed by atoms with Crippen molar-refractivity contribution in [3.63, 3.8) is 0 Å². The van der Waals surface area contributed by atoms with Gasteiger partial charge in [-0.25, -0.2) is 4.39 Å². The Bertz CT molecular complexity index is 604. The largest absolute Gasteiger partial charge is 0.305 e. The van der Waals surface area contributed by atoms with Gasteiger partial charge in [0, 0.05) is 17.3 Å². The number of carbonyl (C=O) groups is 1. The Labute approximate surface area is 111 Å². The minimum absolute atomic E-state index is 0.292. The van der Waals surface area contributed by atoms with Crippen molar-refractivity contribution >= 4 is 11.7 Å². The number of hydrogen-bond donors (Lipinski definition) is 2. The summed E-state index contributed by atoms with van der Waals surface area (Å²) in [5.74, 6) is 0.137. The fraction of sp³-hybridized carbons (Fsp3) is 0.286. The van der Waals surface area contributed by atoms with Crippen molar-refractivity contribution in [1.29, 1.82) is 0 Å². The van der Waals surface area contributed by atoms with Gasteiger partial charge in [0.15, 0.2) is 5.82 Å². The third-order valence-electron chi connectivity index (χ3n) is 2.89. The van der Waals surface area contributed by atoms with Crippen molar-refractivity contribution in [3.05, 3.63) is 46.9 Å². The van der Waals surface area contributed by atoms with E-state index in [2.05, 4.69) is 15.5 Å². The molecular formula is C14H16FN3O. The molecule has 2 rings (SSSR count). The fourth-order valence-corrected chi connectivity index (χ4v) is 1.76. The highest BCUT2D eigenvalue weighted by Crippen LogP contribution is 2.16. The summed E-state index contributed by atoms with van der Waals surface area (Å²) in [6.45, 7) is 5.76. The van der Waals surface area contributed by atoms with Crippen LogP contribution in [0.15, 0.2) is 24.3 Å². The Kier molecular flexibility index (Phi) is 3.64. The lowest BCUT2D eigenvalue weighted by Gasteiger charge is -2.05. The van der Waals surface area contributed by atoms with E-state index in [0.29, 0.717) is 22.9 Å². The van der Waals surface area contributed by atoms with Crippen LogP contribution in [-0.4, -0.2) is 16.1 Å². The number of anilines is 1. The quantitative estimate of drug-likeness (QED) is 0.891.